The van der Waals surface area contributed by atoms with Gasteiger partial charge in [0, 0.05) is 32.9 Å². The van der Waals surface area contributed by atoms with Crippen LogP contribution in [0.2, 0.25) is 0 Å². The highest BCUT2D eigenvalue weighted by Crippen LogP contribution is 2.24. The van der Waals surface area contributed by atoms with Crippen LogP contribution in [0.5, 0.6) is 0 Å². The van der Waals surface area contributed by atoms with Gasteiger partial charge in [-0.05, 0) is 31.0 Å². The number of aryl methyl sites for hydroxylation is 1. The van der Waals surface area contributed by atoms with E-state index in [9.17, 15) is 14.3 Å². The van der Waals surface area contributed by atoms with Crippen molar-refractivity contribution < 1.29 is 14.3 Å². The maximum atomic E-state index is 13.0. The first kappa shape index (κ1) is 16.4. The number of carbonyl (C=O) groups is 1. The van der Waals surface area contributed by atoms with Crippen LogP contribution in [0.25, 0.3) is 0 Å². The zero-order valence-electron chi connectivity index (χ0n) is 13.4. The Hall–Kier alpha value is -2.48. The number of piperidine rings is 1. The molecule has 0 spiro atoms. The summed E-state index contributed by atoms with van der Waals surface area (Å²) in [5, 5.41) is 17.5. The number of aromatic nitrogens is 3. The quantitative estimate of drug-likeness (QED) is 0.861. The molecule has 1 amide bonds. The molecule has 24 heavy (non-hydrogen) atoms. The number of anilines is 1. The van der Waals surface area contributed by atoms with E-state index in [1.165, 1.54) is 6.07 Å². The maximum Gasteiger partial charge on any atom is 0.271 e. The number of β-amino-alcohol motifs (C(OH)–C–C–N with tert-alkyl or cyclic N) is 1. The maximum absolute atomic E-state index is 13.0. The van der Waals surface area contributed by atoms with Gasteiger partial charge in [0.25, 0.3) is 5.91 Å². The lowest BCUT2D eigenvalue weighted by atomic mass is 9.92. The van der Waals surface area contributed by atoms with Crippen LogP contribution < -0.4 is 10.2 Å². The molecular weight excluding hydrogens is 313 g/mol. The standard InChI is InChI=1S/C16H20FN5O2/c1-21-8-5-13(20-21)15(23)19-10-16(24)6-2-7-22(11-16)14-4-3-12(17)9-18-14/h3-5,8-9,24H,2,6-7,10-11H2,1H3,(H,19,23)/t16-/m0/s1. The number of aliphatic hydroxyl groups is 1. The Morgan fingerprint density at radius 2 is 2.29 bits per heavy atom. The summed E-state index contributed by atoms with van der Waals surface area (Å²) in [6.45, 7) is 1.18. The van der Waals surface area contributed by atoms with Crippen LogP contribution in [0, 0.1) is 5.82 Å². The number of hydrogen-bond donors (Lipinski definition) is 2. The third-order valence-corrected chi connectivity index (χ3v) is 4.12. The Bertz CT molecular complexity index is 718. The number of rotatable bonds is 4. The van der Waals surface area contributed by atoms with Gasteiger partial charge in [-0.2, -0.15) is 5.10 Å². The first-order valence-corrected chi connectivity index (χ1v) is 7.82. The molecule has 0 saturated carbocycles. The fraction of sp³-hybridized carbons (Fsp3) is 0.438. The van der Waals surface area contributed by atoms with Crippen LogP contribution in [0.15, 0.2) is 30.6 Å². The second kappa shape index (κ2) is 6.56. The van der Waals surface area contributed by atoms with Gasteiger partial charge in [0.1, 0.15) is 17.3 Å². The van der Waals surface area contributed by atoms with Crippen LogP contribution in [-0.2, 0) is 7.05 Å². The highest BCUT2D eigenvalue weighted by Gasteiger charge is 2.34. The Labute approximate surface area is 139 Å². The number of pyridine rings is 1. The summed E-state index contributed by atoms with van der Waals surface area (Å²) in [5.41, 5.74) is -0.743. The molecular formula is C16H20FN5O2. The Morgan fingerprint density at radius 3 is 2.96 bits per heavy atom. The highest BCUT2D eigenvalue weighted by atomic mass is 19.1. The lowest BCUT2D eigenvalue weighted by Gasteiger charge is -2.39. The summed E-state index contributed by atoms with van der Waals surface area (Å²) in [4.78, 5) is 18.0. The van der Waals surface area contributed by atoms with Gasteiger partial charge >= 0.3 is 0 Å². The molecule has 0 bridgehead atoms. The van der Waals surface area contributed by atoms with Gasteiger partial charge in [-0.1, -0.05) is 0 Å². The van der Waals surface area contributed by atoms with Crippen molar-refractivity contribution in [3.05, 3.63) is 42.1 Å². The summed E-state index contributed by atoms with van der Waals surface area (Å²) >= 11 is 0. The number of halogens is 1. The van der Waals surface area contributed by atoms with Gasteiger partial charge < -0.3 is 15.3 Å². The predicted octanol–water partition coefficient (Wildman–Crippen LogP) is 0.715. The largest absolute Gasteiger partial charge is 0.386 e. The van der Waals surface area contributed by atoms with Gasteiger partial charge in [0.15, 0.2) is 0 Å². The van der Waals surface area contributed by atoms with Crippen molar-refractivity contribution in [2.75, 3.05) is 24.5 Å². The molecule has 2 aromatic rings. The van der Waals surface area contributed by atoms with Gasteiger partial charge in [0.2, 0.25) is 0 Å². The SMILES string of the molecule is Cn1ccc(C(=O)NC[C@@]2(O)CCCN(c3ccc(F)cn3)C2)n1. The van der Waals surface area contributed by atoms with Crippen molar-refractivity contribution >= 4 is 11.7 Å². The zero-order valence-corrected chi connectivity index (χ0v) is 13.4. The van der Waals surface area contributed by atoms with Crippen molar-refractivity contribution in [3.8, 4) is 0 Å². The molecule has 3 heterocycles. The average Bonchev–Trinajstić information content (AvgIpc) is 3.00. The fourth-order valence-electron chi connectivity index (χ4n) is 2.88. The number of amides is 1. The zero-order chi connectivity index (χ0) is 17.2. The van der Waals surface area contributed by atoms with Crippen molar-refractivity contribution in [1.82, 2.24) is 20.1 Å². The molecule has 0 aliphatic carbocycles. The van der Waals surface area contributed by atoms with E-state index in [2.05, 4.69) is 15.4 Å². The van der Waals surface area contributed by atoms with E-state index in [0.29, 0.717) is 24.5 Å². The first-order chi connectivity index (χ1) is 11.5. The minimum absolute atomic E-state index is 0.125. The van der Waals surface area contributed by atoms with Crippen LogP contribution in [0.3, 0.4) is 0 Å². The summed E-state index contributed by atoms with van der Waals surface area (Å²) in [7, 11) is 1.74. The monoisotopic (exact) mass is 333 g/mol. The van der Waals surface area contributed by atoms with E-state index in [1.807, 2.05) is 4.90 Å². The normalized spacial score (nSPS) is 20.9. The van der Waals surface area contributed by atoms with E-state index in [1.54, 1.807) is 30.1 Å². The molecule has 1 aliphatic heterocycles. The molecule has 7 nitrogen and oxygen atoms in total. The number of nitrogens with zero attached hydrogens (tertiary/aromatic N) is 4. The molecule has 0 aromatic carbocycles. The van der Waals surface area contributed by atoms with Gasteiger partial charge in [-0.25, -0.2) is 9.37 Å². The third kappa shape index (κ3) is 3.70. The third-order valence-electron chi connectivity index (χ3n) is 4.12. The smallest absolute Gasteiger partial charge is 0.271 e. The molecule has 1 fully saturated rings. The summed E-state index contributed by atoms with van der Waals surface area (Å²) in [6.07, 6.45) is 4.18. The summed E-state index contributed by atoms with van der Waals surface area (Å²) in [5.74, 6) is -0.0970. The molecule has 3 rings (SSSR count). The minimum Gasteiger partial charge on any atom is -0.386 e. The van der Waals surface area contributed by atoms with Crippen LogP contribution >= 0.6 is 0 Å². The number of hydrogen-bond acceptors (Lipinski definition) is 5. The molecule has 2 aromatic heterocycles. The highest BCUT2D eigenvalue weighted by molar-refractivity contribution is 5.92. The molecule has 128 valence electrons. The average molecular weight is 333 g/mol. The molecule has 1 atom stereocenters. The molecule has 1 saturated heterocycles. The van der Waals surface area contributed by atoms with E-state index in [-0.39, 0.29) is 12.5 Å². The van der Waals surface area contributed by atoms with Gasteiger partial charge in [-0.15, -0.1) is 0 Å². The number of nitrogens with one attached hydrogen (secondary N) is 1. The van der Waals surface area contributed by atoms with Crippen LogP contribution in [0.1, 0.15) is 23.3 Å². The predicted molar refractivity (Wildman–Crippen MR) is 86.1 cm³/mol. The summed E-state index contributed by atoms with van der Waals surface area (Å²) in [6, 6.07) is 4.56. The Kier molecular flexibility index (Phi) is 4.48. The number of carbonyl (C=O) groups excluding carboxylic acids is 1. The minimum atomic E-state index is -1.06. The van der Waals surface area contributed by atoms with E-state index >= 15 is 0 Å². The first-order valence-electron chi connectivity index (χ1n) is 7.82. The van der Waals surface area contributed by atoms with E-state index in [4.69, 9.17) is 0 Å². The molecule has 0 radical (unpaired) electrons. The van der Waals surface area contributed by atoms with E-state index < -0.39 is 11.4 Å². The topological polar surface area (TPSA) is 83.3 Å². The Balaban J connectivity index is 1.62. The fourth-order valence-corrected chi connectivity index (χ4v) is 2.88. The van der Waals surface area contributed by atoms with Crippen molar-refractivity contribution in [1.29, 1.82) is 0 Å². The van der Waals surface area contributed by atoms with Crippen molar-refractivity contribution in [2.24, 2.45) is 7.05 Å². The second-order valence-corrected chi connectivity index (χ2v) is 6.14. The van der Waals surface area contributed by atoms with Crippen LogP contribution in [0.4, 0.5) is 10.2 Å². The van der Waals surface area contributed by atoms with Crippen LogP contribution in [-0.4, -0.2) is 51.0 Å². The molecule has 1 aliphatic rings. The lowest BCUT2D eigenvalue weighted by Crippen LogP contribution is -2.54. The lowest BCUT2D eigenvalue weighted by molar-refractivity contribution is 0.0253. The van der Waals surface area contributed by atoms with Crippen molar-refractivity contribution in [2.45, 2.75) is 18.4 Å². The van der Waals surface area contributed by atoms with Crippen molar-refractivity contribution in [3.63, 3.8) is 0 Å². The van der Waals surface area contributed by atoms with Gasteiger partial charge in [0.05, 0.1) is 11.8 Å². The summed E-state index contributed by atoms with van der Waals surface area (Å²) < 4.78 is 14.5. The van der Waals surface area contributed by atoms with Gasteiger partial charge in [-0.3, -0.25) is 9.48 Å². The van der Waals surface area contributed by atoms with E-state index in [0.717, 1.165) is 19.2 Å². The molecule has 0 unspecified atom stereocenters. The second-order valence-electron chi connectivity index (χ2n) is 6.14. The molecule has 2 N–H and O–H groups in total. The molecule has 8 heteroatoms. The Morgan fingerprint density at radius 1 is 1.46 bits per heavy atom.